The molecule has 0 heterocycles. The highest BCUT2D eigenvalue weighted by atomic mass is 16.5. The summed E-state index contributed by atoms with van der Waals surface area (Å²) < 4.78 is 4.53. The number of ether oxygens (including phenoxy) is 1. The third-order valence-corrected chi connectivity index (χ3v) is 3.70. The predicted octanol–water partition coefficient (Wildman–Crippen LogP) is 3.30. The summed E-state index contributed by atoms with van der Waals surface area (Å²) in [5.74, 6) is 0.158. The van der Waals surface area contributed by atoms with Crippen LogP contribution in [0.5, 0.6) is 0 Å². The van der Waals surface area contributed by atoms with Gasteiger partial charge in [-0.2, -0.15) is 0 Å². The summed E-state index contributed by atoms with van der Waals surface area (Å²) in [4.78, 5) is 11.2. The van der Waals surface area contributed by atoms with Crippen LogP contribution >= 0.6 is 0 Å². The van der Waals surface area contributed by atoms with E-state index in [-0.39, 0.29) is 0 Å². The normalized spacial score (nSPS) is 15.2. The number of carbonyl (C=O) groups is 1. The van der Waals surface area contributed by atoms with E-state index in [9.17, 15) is 9.90 Å². The molecule has 0 spiro atoms. The summed E-state index contributed by atoms with van der Waals surface area (Å²) in [6, 6.07) is 10.3. The molecule has 0 radical (unpaired) electrons. The second kappa shape index (κ2) is 8.54. The van der Waals surface area contributed by atoms with Crippen molar-refractivity contribution in [1.82, 2.24) is 0 Å². The Balaban J connectivity index is 2.63. The first kappa shape index (κ1) is 16.4. The van der Waals surface area contributed by atoms with Gasteiger partial charge in [-0.3, -0.25) is 0 Å². The van der Waals surface area contributed by atoms with Crippen molar-refractivity contribution >= 4 is 5.97 Å². The fourth-order valence-electron chi connectivity index (χ4n) is 2.45. The maximum Gasteiger partial charge on any atom is 0.334 e. The molecule has 0 unspecified atom stereocenters. The van der Waals surface area contributed by atoms with Crippen molar-refractivity contribution in [3.8, 4) is 0 Å². The second-order valence-electron chi connectivity index (χ2n) is 5.14. The number of aliphatic hydroxyl groups is 1. The van der Waals surface area contributed by atoms with Gasteiger partial charge in [-0.05, 0) is 36.7 Å². The molecule has 20 heavy (non-hydrogen) atoms. The maximum atomic E-state index is 11.2. The monoisotopic (exact) mass is 276 g/mol. The molecule has 1 aromatic carbocycles. The van der Waals surface area contributed by atoms with Crippen molar-refractivity contribution in [3.63, 3.8) is 0 Å². The minimum Gasteiger partial charge on any atom is -0.467 e. The van der Waals surface area contributed by atoms with Gasteiger partial charge in [-0.1, -0.05) is 43.3 Å². The van der Waals surface area contributed by atoms with Crippen LogP contribution in [0.15, 0.2) is 43.0 Å². The Morgan fingerprint density at radius 2 is 2.00 bits per heavy atom. The maximum absolute atomic E-state index is 11.2. The minimum absolute atomic E-state index is 0.356. The fraction of sp³-hybridized carbons (Fsp3) is 0.471. The molecule has 1 N–H and O–H groups in total. The third-order valence-electron chi connectivity index (χ3n) is 3.70. The van der Waals surface area contributed by atoms with E-state index >= 15 is 0 Å². The lowest BCUT2D eigenvalue weighted by Crippen LogP contribution is -2.23. The molecule has 110 valence electrons. The largest absolute Gasteiger partial charge is 0.467 e. The number of hydrogen-bond acceptors (Lipinski definition) is 3. The number of methoxy groups -OCH3 is 1. The molecule has 3 atom stereocenters. The number of allylic oxidation sites excluding steroid dienone is 1. The zero-order chi connectivity index (χ0) is 15.0. The molecular weight excluding hydrogens is 252 g/mol. The van der Waals surface area contributed by atoms with Crippen molar-refractivity contribution in [2.75, 3.05) is 7.11 Å². The Kier molecular flexibility index (Phi) is 7.02. The van der Waals surface area contributed by atoms with E-state index in [2.05, 4.69) is 30.4 Å². The predicted molar refractivity (Wildman–Crippen MR) is 80.4 cm³/mol. The Morgan fingerprint density at radius 3 is 2.55 bits per heavy atom. The SMILES string of the molecule is C=CC[C@@H](c1ccccc1)[C@@H](C)CC[C@H](O)C(=O)OC. The molecular formula is C17H24O3. The summed E-state index contributed by atoms with van der Waals surface area (Å²) in [5.41, 5.74) is 1.27. The summed E-state index contributed by atoms with van der Waals surface area (Å²) in [5, 5.41) is 9.65. The summed E-state index contributed by atoms with van der Waals surface area (Å²) >= 11 is 0. The number of rotatable bonds is 8. The molecule has 0 amide bonds. The Hall–Kier alpha value is -1.61. The second-order valence-corrected chi connectivity index (χ2v) is 5.14. The van der Waals surface area contributed by atoms with Gasteiger partial charge in [0.2, 0.25) is 0 Å². The van der Waals surface area contributed by atoms with E-state index in [1.807, 2.05) is 24.3 Å². The van der Waals surface area contributed by atoms with Gasteiger partial charge in [-0.25, -0.2) is 4.79 Å². The van der Waals surface area contributed by atoms with Crippen LogP contribution in [-0.2, 0) is 9.53 Å². The highest BCUT2D eigenvalue weighted by Gasteiger charge is 2.21. The summed E-state index contributed by atoms with van der Waals surface area (Å²) in [7, 11) is 1.29. The van der Waals surface area contributed by atoms with Crippen molar-refractivity contribution in [2.24, 2.45) is 5.92 Å². The molecule has 0 bridgehead atoms. The Morgan fingerprint density at radius 1 is 1.35 bits per heavy atom. The van der Waals surface area contributed by atoms with Crippen LogP contribution in [0, 0.1) is 5.92 Å². The van der Waals surface area contributed by atoms with Crippen molar-refractivity contribution in [3.05, 3.63) is 48.6 Å². The van der Waals surface area contributed by atoms with Crippen LogP contribution in [0.4, 0.5) is 0 Å². The third kappa shape index (κ3) is 4.82. The van der Waals surface area contributed by atoms with Crippen molar-refractivity contribution in [1.29, 1.82) is 0 Å². The van der Waals surface area contributed by atoms with Crippen LogP contribution in [0.3, 0.4) is 0 Å². The molecule has 0 aromatic heterocycles. The number of carbonyl (C=O) groups excluding carboxylic acids is 1. The average Bonchev–Trinajstić information content (AvgIpc) is 2.49. The molecule has 0 aliphatic carbocycles. The highest BCUT2D eigenvalue weighted by molar-refractivity contribution is 5.74. The lowest BCUT2D eigenvalue weighted by Gasteiger charge is -2.24. The van der Waals surface area contributed by atoms with E-state index in [1.165, 1.54) is 12.7 Å². The zero-order valence-electron chi connectivity index (χ0n) is 12.3. The first-order valence-corrected chi connectivity index (χ1v) is 7.01. The number of benzene rings is 1. The van der Waals surface area contributed by atoms with Gasteiger partial charge in [0.25, 0.3) is 0 Å². The Labute approximate surface area is 121 Å². The molecule has 1 aromatic rings. The Bertz CT molecular complexity index is 414. The van der Waals surface area contributed by atoms with Gasteiger partial charge >= 0.3 is 5.97 Å². The van der Waals surface area contributed by atoms with E-state index in [4.69, 9.17) is 0 Å². The van der Waals surface area contributed by atoms with Crippen LogP contribution < -0.4 is 0 Å². The van der Waals surface area contributed by atoms with Crippen molar-refractivity contribution < 1.29 is 14.6 Å². The molecule has 1 rings (SSSR count). The molecule has 0 saturated heterocycles. The van der Waals surface area contributed by atoms with Gasteiger partial charge in [-0.15, -0.1) is 6.58 Å². The molecule has 0 aliphatic heterocycles. The van der Waals surface area contributed by atoms with Gasteiger partial charge in [0, 0.05) is 0 Å². The summed E-state index contributed by atoms with van der Waals surface area (Å²) in [6.45, 7) is 5.97. The van der Waals surface area contributed by atoms with E-state index in [0.29, 0.717) is 18.3 Å². The van der Waals surface area contributed by atoms with Crippen LogP contribution in [0.1, 0.15) is 37.7 Å². The van der Waals surface area contributed by atoms with E-state index in [1.54, 1.807) is 0 Å². The van der Waals surface area contributed by atoms with Gasteiger partial charge in [0.05, 0.1) is 7.11 Å². The highest BCUT2D eigenvalue weighted by Crippen LogP contribution is 2.31. The lowest BCUT2D eigenvalue weighted by molar-refractivity contribution is -0.150. The average molecular weight is 276 g/mol. The molecule has 0 saturated carbocycles. The fourth-order valence-corrected chi connectivity index (χ4v) is 2.45. The number of esters is 1. The molecule has 0 aliphatic rings. The van der Waals surface area contributed by atoms with Crippen LogP contribution in [0.25, 0.3) is 0 Å². The topological polar surface area (TPSA) is 46.5 Å². The van der Waals surface area contributed by atoms with E-state index in [0.717, 1.165) is 12.8 Å². The lowest BCUT2D eigenvalue weighted by atomic mass is 9.82. The van der Waals surface area contributed by atoms with Gasteiger partial charge < -0.3 is 9.84 Å². The first-order valence-electron chi connectivity index (χ1n) is 7.01. The standard InChI is InChI=1S/C17H24O3/c1-4-8-15(14-9-6-5-7-10-14)13(2)11-12-16(18)17(19)20-3/h4-7,9-10,13,15-16,18H,1,8,11-12H2,2-3H3/t13-,15+,16-/m0/s1. The van der Waals surface area contributed by atoms with Gasteiger partial charge in [0.1, 0.15) is 0 Å². The molecule has 3 nitrogen and oxygen atoms in total. The summed E-state index contributed by atoms with van der Waals surface area (Å²) in [6.07, 6.45) is 2.98. The van der Waals surface area contributed by atoms with Crippen LogP contribution in [0.2, 0.25) is 0 Å². The van der Waals surface area contributed by atoms with Crippen molar-refractivity contribution in [2.45, 2.75) is 38.2 Å². The smallest absolute Gasteiger partial charge is 0.334 e. The quantitative estimate of drug-likeness (QED) is 0.585. The molecule has 3 heteroatoms. The first-order chi connectivity index (χ1) is 9.60. The minimum atomic E-state index is -1.03. The zero-order valence-corrected chi connectivity index (χ0v) is 12.3. The number of aliphatic hydroxyl groups excluding tert-OH is 1. The van der Waals surface area contributed by atoms with Crippen LogP contribution in [-0.4, -0.2) is 24.3 Å². The van der Waals surface area contributed by atoms with E-state index < -0.39 is 12.1 Å². The molecule has 0 fully saturated rings. The number of hydrogen-bond donors (Lipinski definition) is 1. The van der Waals surface area contributed by atoms with Gasteiger partial charge in [0.15, 0.2) is 6.10 Å².